The lowest BCUT2D eigenvalue weighted by Crippen LogP contribution is -2.34. The molecule has 6 heteroatoms. The highest BCUT2D eigenvalue weighted by Gasteiger charge is 2.41. The van der Waals surface area contributed by atoms with Gasteiger partial charge in [-0.05, 0) is 31.4 Å². The van der Waals surface area contributed by atoms with Crippen molar-refractivity contribution in [3.05, 3.63) is 29.8 Å². The number of carbonyl (C=O) groups excluding carboxylic acids is 1. The van der Waals surface area contributed by atoms with Gasteiger partial charge in [0.1, 0.15) is 5.25 Å². The minimum atomic E-state index is -0.954. The molecule has 1 aliphatic heterocycles. The number of thioether (sulfide) groups is 1. The number of nitrogens with zero attached hydrogens (tertiary/aromatic N) is 2. The molecular formula is C18H22N2O3S. The minimum Gasteiger partial charge on any atom is -0.481 e. The summed E-state index contributed by atoms with van der Waals surface area (Å²) in [6.45, 7) is 1.95. The van der Waals surface area contributed by atoms with Crippen LogP contribution in [-0.4, -0.2) is 33.4 Å². The largest absolute Gasteiger partial charge is 0.481 e. The lowest BCUT2D eigenvalue weighted by molar-refractivity contribution is -0.138. The van der Waals surface area contributed by atoms with Crippen molar-refractivity contribution in [2.45, 2.75) is 56.7 Å². The van der Waals surface area contributed by atoms with Gasteiger partial charge in [0, 0.05) is 0 Å². The van der Waals surface area contributed by atoms with Gasteiger partial charge in [-0.15, -0.1) is 0 Å². The Kier molecular flexibility index (Phi) is 5.23. The molecule has 1 amide bonds. The average Bonchev–Trinajstić information content (AvgIpc) is 2.84. The number of hydrogen-bond donors (Lipinski definition) is 1. The third-order valence-electron chi connectivity index (χ3n) is 4.52. The number of carbonyl (C=O) groups is 2. The van der Waals surface area contributed by atoms with Crippen molar-refractivity contribution in [1.82, 2.24) is 0 Å². The number of benzene rings is 1. The Balaban J connectivity index is 1.93. The predicted octanol–water partition coefficient (Wildman–Crippen LogP) is 3.61. The van der Waals surface area contributed by atoms with Crippen molar-refractivity contribution in [3.8, 4) is 0 Å². The summed E-state index contributed by atoms with van der Waals surface area (Å²) in [6.07, 6.45) is 5.50. The molecule has 1 aliphatic carbocycles. The molecule has 1 saturated heterocycles. The second-order valence-electron chi connectivity index (χ2n) is 6.37. The molecule has 3 rings (SSSR count). The summed E-state index contributed by atoms with van der Waals surface area (Å²) in [7, 11) is 0. The van der Waals surface area contributed by atoms with Gasteiger partial charge in [0.05, 0.1) is 18.2 Å². The molecule has 0 spiro atoms. The monoisotopic (exact) mass is 346 g/mol. The van der Waals surface area contributed by atoms with E-state index in [4.69, 9.17) is 10.1 Å². The number of aliphatic imine (C=N–C) groups is 1. The van der Waals surface area contributed by atoms with Crippen LogP contribution in [0.3, 0.4) is 0 Å². The molecule has 24 heavy (non-hydrogen) atoms. The quantitative estimate of drug-likeness (QED) is 0.904. The van der Waals surface area contributed by atoms with Crippen LogP contribution in [0.25, 0.3) is 0 Å². The summed E-state index contributed by atoms with van der Waals surface area (Å²) in [5.74, 6) is -1.13. The van der Waals surface area contributed by atoms with Crippen LogP contribution in [0.1, 0.15) is 44.1 Å². The van der Waals surface area contributed by atoms with Gasteiger partial charge in [-0.1, -0.05) is 49.2 Å². The molecule has 1 N–H and O–H groups in total. The van der Waals surface area contributed by atoms with E-state index in [9.17, 15) is 9.59 Å². The Morgan fingerprint density at radius 3 is 2.67 bits per heavy atom. The van der Waals surface area contributed by atoms with E-state index in [2.05, 4.69) is 0 Å². The van der Waals surface area contributed by atoms with E-state index in [1.807, 2.05) is 31.2 Å². The highest BCUT2D eigenvalue weighted by atomic mass is 32.2. The van der Waals surface area contributed by atoms with Gasteiger partial charge in [-0.3, -0.25) is 19.5 Å². The lowest BCUT2D eigenvalue weighted by Gasteiger charge is -2.22. The maximum Gasteiger partial charge on any atom is 0.305 e. The number of amides is 1. The number of amidine groups is 1. The first-order valence-electron chi connectivity index (χ1n) is 8.42. The topological polar surface area (TPSA) is 70.0 Å². The highest BCUT2D eigenvalue weighted by molar-refractivity contribution is 8.16. The maximum atomic E-state index is 12.8. The Bertz CT molecular complexity index is 668. The molecule has 128 valence electrons. The number of aryl methyl sites for hydroxylation is 1. The smallest absolute Gasteiger partial charge is 0.305 e. The second kappa shape index (κ2) is 7.38. The number of carboxylic acids is 1. The van der Waals surface area contributed by atoms with E-state index >= 15 is 0 Å². The van der Waals surface area contributed by atoms with Crippen LogP contribution in [0, 0.1) is 6.92 Å². The van der Waals surface area contributed by atoms with Crippen molar-refractivity contribution in [3.63, 3.8) is 0 Å². The average molecular weight is 346 g/mol. The van der Waals surface area contributed by atoms with E-state index in [-0.39, 0.29) is 18.4 Å². The summed E-state index contributed by atoms with van der Waals surface area (Å²) < 4.78 is 0. The number of aliphatic carboxylic acids is 1. The van der Waals surface area contributed by atoms with Gasteiger partial charge in [-0.25, -0.2) is 0 Å². The van der Waals surface area contributed by atoms with E-state index in [1.165, 1.54) is 31.0 Å². The number of carboxylic acid groups (broad SMARTS) is 1. The first-order valence-corrected chi connectivity index (χ1v) is 9.30. The molecule has 1 saturated carbocycles. The molecule has 1 atom stereocenters. The third-order valence-corrected chi connectivity index (χ3v) is 5.67. The maximum absolute atomic E-state index is 12.8. The number of anilines is 1. The molecule has 0 unspecified atom stereocenters. The SMILES string of the molecule is Cc1ccccc1N1C(=O)[C@@H](CC(=O)O)SC1=NC1CCCCC1. The van der Waals surface area contributed by atoms with Crippen molar-refractivity contribution >= 4 is 34.5 Å². The molecule has 1 aromatic carbocycles. The second-order valence-corrected chi connectivity index (χ2v) is 7.54. The van der Waals surface area contributed by atoms with Crippen LogP contribution in [0.5, 0.6) is 0 Å². The van der Waals surface area contributed by atoms with Gasteiger partial charge in [0.2, 0.25) is 5.91 Å². The molecule has 5 nitrogen and oxygen atoms in total. The molecule has 0 bridgehead atoms. The van der Waals surface area contributed by atoms with Crippen molar-refractivity contribution < 1.29 is 14.7 Å². The molecule has 1 aromatic rings. The predicted molar refractivity (Wildman–Crippen MR) is 96.6 cm³/mol. The standard InChI is InChI=1S/C18H22N2O3S/c1-12-7-5-6-10-14(12)20-17(23)15(11-16(21)22)24-18(20)19-13-8-3-2-4-9-13/h5-7,10,13,15H,2-4,8-9,11H2,1H3,(H,21,22)/t15-/m1/s1. The zero-order chi connectivity index (χ0) is 17.1. The van der Waals surface area contributed by atoms with Gasteiger partial charge in [0.15, 0.2) is 5.17 Å². The third kappa shape index (κ3) is 3.64. The van der Waals surface area contributed by atoms with Crippen LogP contribution in [-0.2, 0) is 9.59 Å². The van der Waals surface area contributed by atoms with Crippen molar-refractivity contribution in [2.24, 2.45) is 4.99 Å². The highest BCUT2D eigenvalue weighted by Crippen LogP contribution is 2.36. The summed E-state index contributed by atoms with van der Waals surface area (Å²) in [5.41, 5.74) is 1.79. The van der Waals surface area contributed by atoms with Crippen LogP contribution in [0.4, 0.5) is 5.69 Å². The van der Waals surface area contributed by atoms with E-state index in [0.717, 1.165) is 24.1 Å². The fourth-order valence-electron chi connectivity index (χ4n) is 3.25. The number of para-hydroxylation sites is 1. The Morgan fingerprint density at radius 1 is 1.29 bits per heavy atom. The fourth-order valence-corrected chi connectivity index (χ4v) is 4.44. The normalized spacial score (nSPS) is 23.9. The Labute approximate surface area is 146 Å². The fraction of sp³-hybridized carbons (Fsp3) is 0.500. The molecular weight excluding hydrogens is 324 g/mol. The van der Waals surface area contributed by atoms with Crippen molar-refractivity contribution in [2.75, 3.05) is 4.90 Å². The molecule has 1 heterocycles. The number of hydrogen-bond acceptors (Lipinski definition) is 4. The summed E-state index contributed by atoms with van der Waals surface area (Å²) in [5, 5.41) is 9.15. The Morgan fingerprint density at radius 2 is 2.00 bits per heavy atom. The van der Waals surface area contributed by atoms with Crippen LogP contribution in [0.15, 0.2) is 29.3 Å². The van der Waals surface area contributed by atoms with Gasteiger partial charge in [0.25, 0.3) is 0 Å². The van der Waals surface area contributed by atoms with Gasteiger partial charge >= 0.3 is 5.97 Å². The van der Waals surface area contributed by atoms with Gasteiger partial charge < -0.3 is 5.11 Å². The molecule has 0 radical (unpaired) electrons. The van der Waals surface area contributed by atoms with Crippen LogP contribution in [0.2, 0.25) is 0 Å². The van der Waals surface area contributed by atoms with Gasteiger partial charge in [-0.2, -0.15) is 0 Å². The minimum absolute atomic E-state index is 0.171. The van der Waals surface area contributed by atoms with E-state index < -0.39 is 11.2 Å². The lowest BCUT2D eigenvalue weighted by atomic mass is 9.96. The van der Waals surface area contributed by atoms with E-state index in [0.29, 0.717) is 5.17 Å². The molecule has 2 fully saturated rings. The molecule has 2 aliphatic rings. The number of rotatable bonds is 4. The summed E-state index contributed by atoms with van der Waals surface area (Å²) in [6, 6.07) is 7.91. The summed E-state index contributed by atoms with van der Waals surface area (Å²) >= 11 is 1.30. The van der Waals surface area contributed by atoms with Crippen LogP contribution < -0.4 is 4.90 Å². The van der Waals surface area contributed by atoms with Crippen LogP contribution >= 0.6 is 11.8 Å². The summed E-state index contributed by atoms with van der Waals surface area (Å²) in [4.78, 5) is 30.4. The molecule has 0 aromatic heterocycles. The zero-order valence-electron chi connectivity index (χ0n) is 13.8. The first-order chi connectivity index (χ1) is 11.6. The van der Waals surface area contributed by atoms with E-state index in [1.54, 1.807) is 4.90 Å². The Hall–Kier alpha value is -1.82. The zero-order valence-corrected chi connectivity index (χ0v) is 14.6. The van der Waals surface area contributed by atoms with Crippen molar-refractivity contribution in [1.29, 1.82) is 0 Å². The first kappa shape index (κ1) is 17.0.